The van der Waals surface area contributed by atoms with E-state index in [9.17, 15) is 0 Å². The molecule has 0 radical (unpaired) electrons. The minimum atomic E-state index is 0.299. The van der Waals surface area contributed by atoms with Gasteiger partial charge in [0, 0.05) is 19.8 Å². The van der Waals surface area contributed by atoms with Crippen LogP contribution in [-0.4, -0.2) is 51.5 Å². The molecule has 7 nitrogen and oxygen atoms in total. The lowest BCUT2D eigenvalue weighted by molar-refractivity contribution is 0.415. The summed E-state index contributed by atoms with van der Waals surface area (Å²) >= 11 is 0. The number of rotatable bonds is 3. The normalized spacial score (nSPS) is 10.7. The molecule has 0 atom stereocenters. The second-order valence-corrected chi connectivity index (χ2v) is 4.95. The third-order valence-corrected chi connectivity index (χ3v) is 3.36. The molecule has 0 saturated heterocycles. The first-order valence-electron chi connectivity index (χ1n) is 6.70. The van der Waals surface area contributed by atoms with Crippen LogP contribution in [0, 0.1) is 5.41 Å². The van der Waals surface area contributed by atoms with Crippen LogP contribution in [0.15, 0.2) is 36.9 Å². The largest absolute Gasteiger partial charge is 0.497 e. The zero-order valence-corrected chi connectivity index (χ0v) is 12.6. The number of hydrogen-bond donors (Lipinski definition) is 1. The maximum Gasteiger partial charge on any atom is 0.168 e. The van der Waals surface area contributed by atoms with E-state index in [1.54, 1.807) is 32.4 Å². The van der Waals surface area contributed by atoms with E-state index in [4.69, 9.17) is 10.1 Å². The number of benzene rings is 1. The van der Waals surface area contributed by atoms with Gasteiger partial charge in [-0.1, -0.05) is 0 Å². The van der Waals surface area contributed by atoms with Crippen molar-refractivity contribution in [3.63, 3.8) is 0 Å². The Morgan fingerprint density at radius 3 is 2.50 bits per heavy atom. The Morgan fingerprint density at radius 1 is 1.14 bits per heavy atom. The highest BCUT2D eigenvalue weighted by molar-refractivity contribution is 6.03. The van der Waals surface area contributed by atoms with Crippen molar-refractivity contribution in [2.75, 3.05) is 21.2 Å². The molecule has 0 aliphatic rings. The van der Waals surface area contributed by atoms with Gasteiger partial charge in [-0.25, -0.2) is 15.0 Å². The fourth-order valence-electron chi connectivity index (χ4n) is 2.15. The van der Waals surface area contributed by atoms with Crippen LogP contribution in [0.1, 0.15) is 5.69 Å². The Bertz CT molecular complexity index is 822. The highest BCUT2D eigenvalue weighted by Crippen LogP contribution is 2.20. The lowest BCUT2D eigenvalue weighted by atomic mass is 10.3. The zero-order valence-electron chi connectivity index (χ0n) is 12.6. The minimum Gasteiger partial charge on any atom is -0.497 e. The summed E-state index contributed by atoms with van der Waals surface area (Å²) in [4.78, 5) is 14.6. The standard InChI is InChI=1S/C15H16N6O/c1-20(2)14(16)12-13-15(18-8-17-12)21(9-19-13)10-4-6-11(22-3)7-5-10/h4-9,16H,1-3H3. The molecular formula is C15H16N6O. The van der Waals surface area contributed by atoms with Crippen molar-refractivity contribution in [2.24, 2.45) is 0 Å². The average Bonchev–Trinajstić information content (AvgIpc) is 2.98. The van der Waals surface area contributed by atoms with Crippen LogP contribution in [0.3, 0.4) is 0 Å². The molecule has 0 bridgehead atoms. The lowest BCUT2D eigenvalue weighted by Gasteiger charge is -2.12. The van der Waals surface area contributed by atoms with Crippen LogP contribution >= 0.6 is 0 Å². The van der Waals surface area contributed by atoms with E-state index in [-0.39, 0.29) is 0 Å². The van der Waals surface area contributed by atoms with Crippen molar-refractivity contribution in [1.82, 2.24) is 24.4 Å². The molecule has 1 aromatic carbocycles. The summed E-state index contributed by atoms with van der Waals surface area (Å²) in [6.07, 6.45) is 3.14. The van der Waals surface area contributed by atoms with Crippen molar-refractivity contribution >= 4 is 17.0 Å². The second-order valence-electron chi connectivity index (χ2n) is 4.95. The molecule has 2 heterocycles. The monoisotopic (exact) mass is 296 g/mol. The number of aromatic nitrogens is 4. The summed E-state index contributed by atoms with van der Waals surface area (Å²) in [6.45, 7) is 0. The van der Waals surface area contributed by atoms with E-state index in [1.165, 1.54) is 6.33 Å². The topological polar surface area (TPSA) is 79.9 Å². The average molecular weight is 296 g/mol. The van der Waals surface area contributed by atoms with Gasteiger partial charge in [0.15, 0.2) is 5.65 Å². The summed E-state index contributed by atoms with van der Waals surface area (Å²) in [7, 11) is 5.24. The van der Waals surface area contributed by atoms with Crippen molar-refractivity contribution < 1.29 is 4.74 Å². The Hall–Kier alpha value is -2.96. The molecule has 0 amide bonds. The highest BCUT2D eigenvalue weighted by Gasteiger charge is 2.15. The van der Waals surface area contributed by atoms with Gasteiger partial charge >= 0.3 is 0 Å². The molecule has 0 aliphatic heterocycles. The fraction of sp³-hybridized carbons (Fsp3) is 0.200. The predicted molar refractivity (Wildman–Crippen MR) is 83.7 cm³/mol. The van der Waals surface area contributed by atoms with Gasteiger partial charge in [-0.3, -0.25) is 9.98 Å². The van der Waals surface area contributed by atoms with Gasteiger partial charge < -0.3 is 9.64 Å². The van der Waals surface area contributed by atoms with Gasteiger partial charge in [0.05, 0.1) is 7.11 Å². The number of nitrogens with one attached hydrogen (secondary N) is 1. The number of methoxy groups -OCH3 is 1. The summed E-state index contributed by atoms with van der Waals surface area (Å²) in [5.41, 5.74) is 2.71. The number of nitrogens with zero attached hydrogens (tertiary/aromatic N) is 5. The number of amidine groups is 1. The van der Waals surface area contributed by atoms with Crippen LogP contribution in [0.2, 0.25) is 0 Å². The molecule has 1 N–H and O–H groups in total. The minimum absolute atomic E-state index is 0.299. The lowest BCUT2D eigenvalue weighted by Crippen LogP contribution is -2.23. The van der Waals surface area contributed by atoms with Crippen LogP contribution < -0.4 is 4.74 Å². The maximum atomic E-state index is 8.10. The van der Waals surface area contributed by atoms with Gasteiger partial charge in [0.25, 0.3) is 0 Å². The fourth-order valence-corrected chi connectivity index (χ4v) is 2.15. The van der Waals surface area contributed by atoms with E-state index < -0.39 is 0 Å². The summed E-state index contributed by atoms with van der Waals surface area (Å²) in [5, 5.41) is 8.10. The first-order chi connectivity index (χ1) is 10.6. The summed E-state index contributed by atoms with van der Waals surface area (Å²) < 4.78 is 7.03. The quantitative estimate of drug-likeness (QED) is 0.588. The van der Waals surface area contributed by atoms with Crippen molar-refractivity contribution in [3.8, 4) is 11.4 Å². The summed E-state index contributed by atoms with van der Waals surface area (Å²) in [6, 6.07) is 7.62. The molecule has 0 aliphatic carbocycles. The molecule has 3 rings (SSSR count). The number of hydrogen-bond acceptors (Lipinski definition) is 5. The molecule has 3 aromatic rings. The first kappa shape index (κ1) is 14.0. The highest BCUT2D eigenvalue weighted by atomic mass is 16.5. The number of imidazole rings is 1. The van der Waals surface area contributed by atoms with Gasteiger partial charge in [-0.05, 0) is 24.3 Å². The van der Waals surface area contributed by atoms with Crippen LogP contribution in [0.25, 0.3) is 16.9 Å². The molecule has 112 valence electrons. The van der Waals surface area contributed by atoms with Gasteiger partial charge in [-0.2, -0.15) is 0 Å². The number of fused-ring (bicyclic) bond motifs is 1. The van der Waals surface area contributed by atoms with Crippen LogP contribution in [0.5, 0.6) is 5.75 Å². The van der Waals surface area contributed by atoms with Crippen molar-refractivity contribution in [1.29, 1.82) is 5.41 Å². The van der Waals surface area contributed by atoms with E-state index in [0.29, 0.717) is 22.7 Å². The first-order valence-corrected chi connectivity index (χ1v) is 6.70. The van der Waals surface area contributed by atoms with Crippen LogP contribution in [-0.2, 0) is 0 Å². The molecule has 0 unspecified atom stereocenters. The third-order valence-electron chi connectivity index (χ3n) is 3.36. The van der Waals surface area contributed by atoms with Crippen LogP contribution in [0.4, 0.5) is 0 Å². The molecular weight excluding hydrogens is 280 g/mol. The SMILES string of the molecule is COc1ccc(-n2cnc3c(C(=N)N(C)C)ncnc32)cc1. The van der Waals surface area contributed by atoms with E-state index >= 15 is 0 Å². The Kier molecular flexibility index (Phi) is 3.46. The molecule has 22 heavy (non-hydrogen) atoms. The Morgan fingerprint density at radius 2 is 1.86 bits per heavy atom. The second kappa shape index (κ2) is 5.44. The van der Waals surface area contributed by atoms with Gasteiger partial charge in [0.1, 0.15) is 35.5 Å². The number of ether oxygens (including phenoxy) is 1. The smallest absolute Gasteiger partial charge is 0.168 e. The molecule has 2 aromatic heterocycles. The van der Waals surface area contributed by atoms with E-state index in [0.717, 1.165) is 11.4 Å². The van der Waals surface area contributed by atoms with Crippen molar-refractivity contribution in [3.05, 3.63) is 42.6 Å². The molecule has 0 saturated carbocycles. The van der Waals surface area contributed by atoms with E-state index in [1.807, 2.05) is 28.8 Å². The zero-order chi connectivity index (χ0) is 15.7. The Balaban J connectivity index is 2.12. The maximum absolute atomic E-state index is 8.10. The van der Waals surface area contributed by atoms with Crippen molar-refractivity contribution in [2.45, 2.75) is 0 Å². The third kappa shape index (κ3) is 2.26. The predicted octanol–water partition coefficient (Wildman–Crippen LogP) is 1.71. The van der Waals surface area contributed by atoms with Gasteiger partial charge in [0.2, 0.25) is 0 Å². The molecule has 0 spiro atoms. The molecule has 0 fully saturated rings. The van der Waals surface area contributed by atoms with Gasteiger partial charge in [-0.15, -0.1) is 0 Å². The molecule has 7 heteroatoms. The van der Waals surface area contributed by atoms with E-state index in [2.05, 4.69) is 15.0 Å². The Labute approximate surface area is 127 Å². The summed E-state index contributed by atoms with van der Waals surface area (Å²) in [5.74, 6) is 1.09.